The average Bonchev–Trinajstić information content (AvgIpc) is 2.64. The molecule has 1 aromatic carbocycles. The van der Waals surface area contributed by atoms with Gasteiger partial charge >= 0.3 is 0 Å². The molecule has 130 valence electrons. The summed E-state index contributed by atoms with van der Waals surface area (Å²) in [4.78, 5) is 30.9. The van der Waals surface area contributed by atoms with Crippen molar-refractivity contribution in [2.45, 2.75) is 6.42 Å². The summed E-state index contributed by atoms with van der Waals surface area (Å²) in [7, 11) is 0. The minimum Gasteiger partial charge on any atom is -0.367 e. The molecule has 0 unspecified atom stereocenters. The van der Waals surface area contributed by atoms with Gasteiger partial charge in [-0.2, -0.15) is 0 Å². The van der Waals surface area contributed by atoms with Crippen LogP contribution in [0.4, 0.5) is 15.9 Å². The zero-order valence-corrected chi connectivity index (χ0v) is 13.7. The van der Waals surface area contributed by atoms with Crippen LogP contribution in [0.15, 0.2) is 42.6 Å². The second-order valence-corrected chi connectivity index (χ2v) is 5.85. The van der Waals surface area contributed by atoms with E-state index in [1.165, 1.54) is 6.07 Å². The molecule has 1 N–H and O–H groups in total. The van der Waals surface area contributed by atoms with Crippen LogP contribution in [0.5, 0.6) is 0 Å². The van der Waals surface area contributed by atoms with Crippen LogP contribution in [-0.2, 0) is 16.0 Å². The Morgan fingerprint density at radius 2 is 1.92 bits per heavy atom. The van der Waals surface area contributed by atoms with Gasteiger partial charge in [-0.25, -0.2) is 9.37 Å². The molecule has 2 amide bonds. The molecular weight excluding hydrogens is 323 g/mol. The molecule has 0 saturated carbocycles. The van der Waals surface area contributed by atoms with E-state index in [-0.39, 0.29) is 12.3 Å². The highest BCUT2D eigenvalue weighted by Crippen LogP contribution is 2.17. The molecule has 0 spiro atoms. The molecule has 6 nitrogen and oxygen atoms in total. The molecule has 25 heavy (non-hydrogen) atoms. The monoisotopic (exact) mass is 342 g/mol. The number of carbonyl (C=O) groups excluding carboxylic acids is 2. The van der Waals surface area contributed by atoms with Crippen LogP contribution in [0.2, 0.25) is 0 Å². The summed E-state index contributed by atoms with van der Waals surface area (Å²) in [5.74, 6) is -0.281. The largest absolute Gasteiger partial charge is 0.367 e. The fourth-order valence-electron chi connectivity index (χ4n) is 2.73. The standard InChI is InChI=1S/C18H19FN4O2/c19-16-4-2-1-3-14(16)11-18(25)21-17-6-5-15(12-20-17)23-9-7-22(13-24)8-10-23/h1-6,12-13H,7-11H2,(H,20,21,25). The van der Waals surface area contributed by atoms with E-state index in [0.29, 0.717) is 24.5 Å². The van der Waals surface area contributed by atoms with Crippen LogP contribution in [0, 0.1) is 5.82 Å². The highest BCUT2D eigenvalue weighted by molar-refractivity contribution is 5.91. The Morgan fingerprint density at radius 3 is 2.56 bits per heavy atom. The molecule has 2 aromatic rings. The number of benzene rings is 1. The van der Waals surface area contributed by atoms with Gasteiger partial charge in [0.25, 0.3) is 0 Å². The van der Waals surface area contributed by atoms with Crippen LogP contribution in [0.1, 0.15) is 5.56 Å². The lowest BCUT2D eigenvalue weighted by Crippen LogP contribution is -2.45. The zero-order valence-electron chi connectivity index (χ0n) is 13.7. The van der Waals surface area contributed by atoms with Gasteiger partial charge in [0.2, 0.25) is 12.3 Å². The van der Waals surface area contributed by atoms with E-state index in [2.05, 4.69) is 15.2 Å². The molecule has 1 aliphatic heterocycles. The SMILES string of the molecule is O=CN1CCN(c2ccc(NC(=O)Cc3ccccc3F)nc2)CC1. The van der Waals surface area contributed by atoms with Gasteiger partial charge in [0.15, 0.2) is 0 Å². The van der Waals surface area contributed by atoms with Gasteiger partial charge in [-0.3, -0.25) is 9.59 Å². The van der Waals surface area contributed by atoms with Crippen molar-refractivity contribution in [2.75, 3.05) is 36.4 Å². The van der Waals surface area contributed by atoms with Crippen molar-refractivity contribution < 1.29 is 14.0 Å². The third-order valence-corrected chi connectivity index (χ3v) is 4.15. The topological polar surface area (TPSA) is 65.5 Å². The second-order valence-electron chi connectivity index (χ2n) is 5.85. The van der Waals surface area contributed by atoms with Crippen LogP contribution in [0.25, 0.3) is 0 Å². The fourth-order valence-corrected chi connectivity index (χ4v) is 2.73. The molecule has 0 radical (unpaired) electrons. The maximum absolute atomic E-state index is 13.6. The Morgan fingerprint density at radius 1 is 1.16 bits per heavy atom. The smallest absolute Gasteiger partial charge is 0.230 e. The van der Waals surface area contributed by atoms with Gasteiger partial charge < -0.3 is 15.1 Å². The second kappa shape index (κ2) is 7.74. The first-order valence-electron chi connectivity index (χ1n) is 8.09. The zero-order chi connectivity index (χ0) is 17.6. The highest BCUT2D eigenvalue weighted by Gasteiger charge is 2.16. The van der Waals surface area contributed by atoms with E-state index in [4.69, 9.17) is 0 Å². The quantitative estimate of drug-likeness (QED) is 0.840. The van der Waals surface area contributed by atoms with E-state index < -0.39 is 5.82 Å². The number of amides is 2. The third kappa shape index (κ3) is 4.32. The fraction of sp³-hybridized carbons (Fsp3) is 0.278. The van der Waals surface area contributed by atoms with E-state index in [0.717, 1.165) is 25.2 Å². The number of halogens is 1. The van der Waals surface area contributed by atoms with Crippen molar-refractivity contribution in [3.63, 3.8) is 0 Å². The number of hydrogen-bond acceptors (Lipinski definition) is 4. The number of nitrogens with zero attached hydrogens (tertiary/aromatic N) is 3. The lowest BCUT2D eigenvalue weighted by Gasteiger charge is -2.33. The predicted molar refractivity (Wildman–Crippen MR) is 92.8 cm³/mol. The van der Waals surface area contributed by atoms with E-state index in [1.807, 2.05) is 6.07 Å². The maximum atomic E-state index is 13.6. The summed E-state index contributed by atoms with van der Waals surface area (Å²) in [6.07, 6.45) is 2.52. The molecule has 3 rings (SSSR count). The summed E-state index contributed by atoms with van der Waals surface area (Å²) in [5.41, 5.74) is 1.29. The summed E-state index contributed by atoms with van der Waals surface area (Å²) >= 11 is 0. The van der Waals surface area contributed by atoms with Crippen molar-refractivity contribution in [3.05, 3.63) is 54.0 Å². The normalized spacial score (nSPS) is 14.3. The van der Waals surface area contributed by atoms with Gasteiger partial charge in [0.05, 0.1) is 18.3 Å². The Bertz CT molecular complexity index is 743. The third-order valence-electron chi connectivity index (χ3n) is 4.15. The minimum absolute atomic E-state index is 0.0379. The molecule has 1 saturated heterocycles. The minimum atomic E-state index is -0.393. The first-order valence-corrected chi connectivity index (χ1v) is 8.09. The Hall–Kier alpha value is -2.96. The number of anilines is 2. The van der Waals surface area contributed by atoms with Crippen molar-refractivity contribution in [1.29, 1.82) is 0 Å². The molecule has 0 aliphatic carbocycles. The van der Waals surface area contributed by atoms with Gasteiger partial charge in [-0.05, 0) is 23.8 Å². The van der Waals surface area contributed by atoms with Crippen molar-refractivity contribution in [2.24, 2.45) is 0 Å². The molecular formula is C18H19FN4O2. The molecule has 1 fully saturated rings. The first kappa shape index (κ1) is 16.9. The number of pyridine rings is 1. The Kier molecular flexibility index (Phi) is 5.23. The molecule has 2 heterocycles. The molecule has 7 heteroatoms. The van der Waals surface area contributed by atoms with Crippen LogP contribution in [0.3, 0.4) is 0 Å². The number of nitrogens with one attached hydrogen (secondary N) is 1. The lowest BCUT2D eigenvalue weighted by atomic mass is 10.1. The Labute approximate surface area is 145 Å². The first-order chi connectivity index (χ1) is 12.2. The van der Waals surface area contributed by atoms with E-state index in [9.17, 15) is 14.0 Å². The van der Waals surface area contributed by atoms with Crippen molar-refractivity contribution in [1.82, 2.24) is 9.88 Å². The molecule has 1 aliphatic rings. The molecule has 0 atom stereocenters. The van der Waals surface area contributed by atoms with Gasteiger partial charge in [-0.15, -0.1) is 0 Å². The van der Waals surface area contributed by atoms with E-state index in [1.54, 1.807) is 35.4 Å². The summed E-state index contributed by atoms with van der Waals surface area (Å²) in [5, 5.41) is 2.67. The van der Waals surface area contributed by atoms with Crippen molar-refractivity contribution >= 4 is 23.8 Å². The average molecular weight is 342 g/mol. The maximum Gasteiger partial charge on any atom is 0.230 e. The van der Waals surface area contributed by atoms with Gasteiger partial charge in [0, 0.05) is 26.2 Å². The van der Waals surface area contributed by atoms with Gasteiger partial charge in [-0.1, -0.05) is 18.2 Å². The number of rotatable bonds is 5. The number of aromatic nitrogens is 1. The van der Waals surface area contributed by atoms with Crippen LogP contribution in [-0.4, -0.2) is 48.4 Å². The Balaban J connectivity index is 1.56. The number of piperazine rings is 1. The van der Waals surface area contributed by atoms with E-state index >= 15 is 0 Å². The summed E-state index contributed by atoms with van der Waals surface area (Å²) in [6.45, 7) is 2.87. The van der Waals surface area contributed by atoms with Crippen LogP contribution >= 0.6 is 0 Å². The summed E-state index contributed by atoms with van der Waals surface area (Å²) < 4.78 is 13.6. The lowest BCUT2D eigenvalue weighted by molar-refractivity contribution is -0.118. The molecule has 0 bridgehead atoms. The highest BCUT2D eigenvalue weighted by atomic mass is 19.1. The number of hydrogen-bond donors (Lipinski definition) is 1. The van der Waals surface area contributed by atoms with Crippen LogP contribution < -0.4 is 10.2 Å². The molecule has 1 aromatic heterocycles. The van der Waals surface area contributed by atoms with Crippen molar-refractivity contribution in [3.8, 4) is 0 Å². The summed E-state index contributed by atoms with van der Waals surface area (Å²) in [6, 6.07) is 9.81. The van der Waals surface area contributed by atoms with Gasteiger partial charge in [0.1, 0.15) is 11.6 Å². The predicted octanol–water partition coefficient (Wildman–Crippen LogP) is 1.68. The number of carbonyl (C=O) groups is 2.